The highest BCUT2D eigenvalue weighted by Crippen LogP contribution is 2.26. The molecule has 0 radical (unpaired) electrons. The Balaban J connectivity index is 1.91. The van der Waals surface area contributed by atoms with Crippen LogP contribution in [0.4, 0.5) is 0 Å². The van der Waals surface area contributed by atoms with Crippen molar-refractivity contribution in [3.8, 4) is 17.2 Å². The van der Waals surface area contributed by atoms with E-state index in [1.54, 1.807) is 7.11 Å². The Labute approximate surface area is 167 Å². The number of ether oxygens (including phenoxy) is 2. The van der Waals surface area contributed by atoms with E-state index < -0.39 is 5.91 Å². The van der Waals surface area contributed by atoms with Crippen molar-refractivity contribution in [2.24, 2.45) is 5.73 Å². The Morgan fingerprint density at radius 2 is 1.82 bits per heavy atom. The number of primary amides is 1. The van der Waals surface area contributed by atoms with E-state index in [9.17, 15) is 4.79 Å². The van der Waals surface area contributed by atoms with Gasteiger partial charge in [0, 0.05) is 0 Å². The zero-order chi connectivity index (χ0) is 20.1. The van der Waals surface area contributed by atoms with Crippen molar-refractivity contribution in [2.45, 2.75) is 25.6 Å². The summed E-state index contributed by atoms with van der Waals surface area (Å²) in [6.07, 6.45) is 0. The Morgan fingerprint density at radius 1 is 1.11 bits per heavy atom. The van der Waals surface area contributed by atoms with Gasteiger partial charge >= 0.3 is 0 Å². The standard InChI is InChI=1S/C20H22N4O3S/c1-13-4-5-14(2)17(10-13)24-19(22-23-20(24)28-12-18(21)25)11-27-16-8-6-15(26-3)7-9-16/h4-10H,11-12H2,1-3H3,(H2,21,25). The first-order valence-electron chi connectivity index (χ1n) is 8.68. The van der Waals surface area contributed by atoms with E-state index in [0.717, 1.165) is 22.6 Å². The summed E-state index contributed by atoms with van der Waals surface area (Å²) in [5.74, 6) is 1.81. The lowest BCUT2D eigenvalue weighted by Crippen LogP contribution is -2.14. The molecule has 0 bridgehead atoms. The number of hydrogen-bond donors (Lipinski definition) is 1. The van der Waals surface area contributed by atoms with Crippen LogP contribution in [0.2, 0.25) is 0 Å². The van der Waals surface area contributed by atoms with Crippen LogP contribution in [0.3, 0.4) is 0 Å². The SMILES string of the molecule is COc1ccc(OCc2nnc(SCC(N)=O)n2-c2cc(C)ccc2C)cc1. The highest BCUT2D eigenvalue weighted by Gasteiger charge is 2.17. The highest BCUT2D eigenvalue weighted by atomic mass is 32.2. The van der Waals surface area contributed by atoms with Crippen molar-refractivity contribution in [3.63, 3.8) is 0 Å². The number of hydrogen-bond acceptors (Lipinski definition) is 6. The van der Waals surface area contributed by atoms with Gasteiger partial charge in [-0.3, -0.25) is 9.36 Å². The molecule has 0 aliphatic carbocycles. The maximum atomic E-state index is 11.2. The molecule has 0 atom stereocenters. The predicted octanol–water partition coefficient (Wildman–Crippen LogP) is 3.05. The van der Waals surface area contributed by atoms with Crippen LogP contribution in [0.5, 0.6) is 11.5 Å². The van der Waals surface area contributed by atoms with Crippen LogP contribution >= 0.6 is 11.8 Å². The van der Waals surface area contributed by atoms with E-state index in [-0.39, 0.29) is 12.4 Å². The van der Waals surface area contributed by atoms with Gasteiger partial charge in [0.05, 0.1) is 18.6 Å². The fraction of sp³-hybridized carbons (Fsp3) is 0.250. The Kier molecular flexibility index (Phi) is 6.20. The van der Waals surface area contributed by atoms with E-state index in [4.69, 9.17) is 15.2 Å². The van der Waals surface area contributed by atoms with Gasteiger partial charge in [0.1, 0.15) is 18.1 Å². The third kappa shape index (κ3) is 4.64. The van der Waals surface area contributed by atoms with Crippen molar-refractivity contribution in [2.75, 3.05) is 12.9 Å². The molecule has 2 aromatic carbocycles. The number of aryl methyl sites for hydroxylation is 2. The topological polar surface area (TPSA) is 92.3 Å². The quantitative estimate of drug-likeness (QED) is 0.586. The van der Waals surface area contributed by atoms with Gasteiger partial charge in [-0.05, 0) is 55.3 Å². The molecular weight excluding hydrogens is 376 g/mol. The molecule has 1 heterocycles. The fourth-order valence-electron chi connectivity index (χ4n) is 2.65. The van der Waals surface area contributed by atoms with Gasteiger partial charge in [-0.25, -0.2) is 0 Å². The number of aromatic nitrogens is 3. The van der Waals surface area contributed by atoms with Gasteiger partial charge in [-0.15, -0.1) is 10.2 Å². The van der Waals surface area contributed by atoms with E-state index in [1.807, 2.05) is 54.8 Å². The molecule has 28 heavy (non-hydrogen) atoms. The molecule has 0 saturated carbocycles. The van der Waals surface area contributed by atoms with Crippen LogP contribution in [0.1, 0.15) is 17.0 Å². The van der Waals surface area contributed by atoms with Crippen LogP contribution in [0.15, 0.2) is 47.6 Å². The average Bonchev–Trinajstić information content (AvgIpc) is 3.09. The molecule has 0 aliphatic rings. The predicted molar refractivity (Wildman–Crippen MR) is 108 cm³/mol. The summed E-state index contributed by atoms with van der Waals surface area (Å²) in [4.78, 5) is 11.2. The first-order valence-corrected chi connectivity index (χ1v) is 9.66. The molecule has 7 nitrogen and oxygen atoms in total. The van der Waals surface area contributed by atoms with Crippen molar-refractivity contribution in [3.05, 3.63) is 59.4 Å². The van der Waals surface area contributed by atoms with Crippen LogP contribution in [0.25, 0.3) is 5.69 Å². The fourth-order valence-corrected chi connectivity index (χ4v) is 3.35. The molecule has 1 aromatic heterocycles. The van der Waals surface area contributed by atoms with Crippen LogP contribution in [-0.4, -0.2) is 33.5 Å². The molecule has 0 spiro atoms. The van der Waals surface area contributed by atoms with Crippen molar-refractivity contribution in [1.82, 2.24) is 14.8 Å². The van der Waals surface area contributed by atoms with E-state index in [0.29, 0.717) is 16.7 Å². The zero-order valence-electron chi connectivity index (χ0n) is 16.0. The summed E-state index contributed by atoms with van der Waals surface area (Å²) in [5.41, 5.74) is 8.43. The number of nitrogens with two attached hydrogens (primary N) is 1. The van der Waals surface area contributed by atoms with Gasteiger partial charge < -0.3 is 15.2 Å². The van der Waals surface area contributed by atoms with Crippen LogP contribution in [0, 0.1) is 13.8 Å². The van der Waals surface area contributed by atoms with E-state index in [1.165, 1.54) is 11.8 Å². The summed E-state index contributed by atoms with van der Waals surface area (Å²) in [6.45, 7) is 4.27. The maximum absolute atomic E-state index is 11.2. The van der Waals surface area contributed by atoms with Gasteiger partial charge in [-0.1, -0.05) is 23.9 Å². The molecule has 8 heteroatoms. The van der Waals surface area contributed by atoms with Gasteiger partial charge in [0.2, 0.25) is 5.91 Å². The molecular formula is C20H22N4O3S. The monoisotopic (exact) mass is 398 g/mol. The third-order valence-electron chi connectivity index (χ3n) is 4.08. The number of rotatable bonds is 8. The number of methoxy groups -OCH3 is 1. The molecule has 0 aliphatic heterocycles. The minimum absolute atomic E-state index is 0.127. The second-order valence-corrected chi connectivity index (χ2v) is 7.19. The van der Waals surface area contributed by atoms with Crippen LogP contribution < -0.4 is 15.2 Å². The van der Waals surface area contributed by atoms with Crippen molar-refractivity contribution >= 4 is 17.7 Å². The molecule has 146 valence electrons. The Bertz CT molecular complexity index is 970. The summed E-state index contributed by atoms with van der Waals surface area (Å²) in [5, 5.41) is 9.12. The first-order chi connectivity index (χ1) is 13.5. The number of carbonyl (C=O) groups is 1. The highest BCUT2D eigenvalue weighted by molar-refractivity contribution is 7.99. The van der Waals surface area contributed by atoms with E-state index in [2.05, 4.69) is 16.3 Å². The third-order valence-corrected chi connectivity index (χ3v) is 5.03. The summed E-state index contributed by atoms with van der Waals surface area (Å²) in [7, 11) is 1.62. The Hall–Kier alpha value is -3.00. The second-order valence-electron chi connectivity index (χ2n) is 6.24. The van der Waals surface area contributed by atoms with Gasteiger partial charge in [-0.2, -0.15) is 0 Å². The largest absolute Gasteiger partial charge is 0.497 e. The van der Waals surface area contributed by atoms with Gasteiger partial charge in [0.25, 0.3) is 0 Å². The maximum Gasteiger partial charge on any atom is 0.227 e. The lowest BCUT2D eigenvalue weighted by Gasteiger charge is -2.14. The lowest BCUT2D eigenvalue weighted by molar-refractivity contribution is -0.115. The molecule has 2 N–H and O–H groups in total. The normalized spacial score (nSPS) is 10.7. The van der Waals surface area contributed by atoms with Gasteiger partial charge in [0.15, 0.2) is 11.0 Å². The summed E-state index contributed by atoms with van der Waals surface area (Å²) >= 11 is 1.25. The summed E-state index contributed by atoms with van der Waals surface area (Å²) in [6, 6.07) is 13.5. The summed E-state index contributed by atoms with van der Waals surface area (Å²) < 4.78 is 13.0. The number of nitrogens with zero attached hydrogens (tertiary/aromatic N) is 3. The minimum atomic E-state index is -0.406. The number of benzene rings is 2. The molecule has 0 saturated heterocycles. The molecule has 0 fully saturated rings. The smallest absolute Gasteiger partial charge is 0.227 e. The first kappa shape index (κ1) is 19.8. The van der Waals surface area contributed by atoms with Crippen molar-refractivity contribution < 1.29 is 14.3 Å². The average molecular weight is 398 g/mol. The number of carbonyl (C=O) groups excluding carboxylic acids is 1. The zero-order valence-corrected chi connectivity index (χ0v) is 16.8. The minimum Gasteiger partial charge on any atom is -0.497 e. The second kappa shape index (κ2) is 8.79. The number of thioether (sulfide) groups is 1. The molecule has 3 rings (SSSR count). The van der Waals surface area contributed by atoms with Crippen LogP contribution in [-0.2, 0) is 11.4 Å². The molecule has 3 aromatic rings. The molecule has 0 unspecified atom stereocenters. The number of amides is 1. The van der Waals surface area contributed by atoms with Crippen molar-refractivity contribution in [1.29, 1.82) is 0 Å². The van der Waals surface area contributed by atoms with E-state index >= 15 is 0 Å². The lowest BCUT2D eigenvalue weighted by atomic mass is 10.1. The Morgan fingerprint density at radius 3 is 2.50 bits per heavy atom. The molecule has 1 amide bonds.